The smallest absolute Gasteiger partial charge is 0.125 e. The summed E-state index contributed by atoms with van der Waals surface area (Å²) in [6.45, 7) is 11.0. The highest BCUT2D eigenvalue weighted by Crippen LogP contribution is 2.29. The lowest BCUT2D eigenvalue weighted by Gasteiger charge is -2.40. The van der Waals surface area contributed by atoms with Gasteiger partial charge in [0.05, 0.1) is 6.04 Å². The van der Waals surface area contributed by atoms with Crippen LogP contribution in [-0.2, 0) is 0 Å². The molecule has 3 aromatic carbocycles. The van der Waals surface area contributed by atoms with Gasteiger partial charge in [0, 0.05) is 32.7 Å². The molecule has 0 unspecified atom stereocenters. The number of aryl methyl sites for hydroxylation is 3. The zero-order valence-electron chi connectivity index (χ0n) is 20.1. The molecule has 0 bridgehead atoms. The molecule has 4 nitrogen and oxygen atoms in total. The first-order valence-corrected chi connectivity index (χ1v) is 12.0. The maximum Gasteiger partial charge on any atom is 0.125 e. The van der Waals surface area contributed by atoms with Gasteiger partial charge in [-0.05, 0) is 43.0 Å². The fourth-order valence-electron chi connectivity index (χ4n) is 5.01. The number of β-amino-alcohol motifs (C(OH)–C–C–N with tert-alkyl or cyclic N) is 1. The third-order valence-electron chi connectivity index (χ3n) is 6.50. The predicted octanol–water partition coefficient (Wildman–Crippen LogP) is 4.76. The van der Waals surface area contributed by atoms with Crippen LogP contribution in [0.25, 0.3) is 0 Å². The molecule has 0 aliphatic carbocycles. The molecular weight excluding hydrogens is 408 g/mol. The molecule has 0 radical (unpaired) electrons. The standard InChI is InChI=1S/C29H36N2O2/c1-22-18-23(2)29(24(3)19-22)33-21-27(32)20-30-14-16-31(17-15-30)28(25-10-6-4-7-11-25)26-12-8-5-9-13-26/h4-13,18-19,27-28,32H,14-17,20-21H2,1-3H3/t27-/m0/s1. The van der Waals surface area contributed by atoms with Gasteiger partial charge in [0.2, 0.25) is 0 Å². The van der Waals surface area contributed by atoms with Gasteiger partial charge in [-0.3, -0.25) is 9.80 Å². The minimum Gasteiger partial charge on any atom is -0.490 e. The first-order valence-electron chi connectivity index (χ1n) is 12.0. The zero-order valence-corrected chi connectivity index (χ0v) is 20.1. The summed E-state index contributed by atoms with van der Waals surface area (Å²) >= 11 is 0. The molecule has 0 amide bonds. The van der Waals surface area contributed by atoms with Gasteiger partial charge in [-0.1, -0.05) is 78.4 Å². The van der Waals surface area contributed by atoms with E-state index in [1.54, 1.807) is 0 Å². The van der Waals surface area contributed by atoms with E-state index >= 15 is 0 Å². The largest absolute Gasteiger partial charge is 0.490 e. The van der Waals surface area contributed by atoms with Crippen molar-refractivity contribution in [1.29, 1.82) is 0 Å². The predicted molar refractivity (Wildman–Crippen MR) is 135 cm³/mol. The maximum atomic E-state index is 10.6. The Morgan fingerprint density at radius 3 is 1.82 bits per heavy atom. The Bertz CT molecular complexity index is 952. The van der Waals surface area contributed by atoms with E-state index in [1.807, 2.05) is 0 Å². The molecule has 33 heavy (non-hydrogen) atoms. The number of rotatable bonds is 8. The summed E-state index contributed by atoms with van der Waals surface area (Å²) in [6, 6.07) is 26.0. The van der Waals surface area contributed by atoms with Crippen LogP contribution in [0.4, 0.5) is 0 Å². The number of nitrogens with zero attached hydrogens (tertiary/aromatic N) is 2. The van der Waals surface area contributed by atoms with Gasteiger partial charge in [0.15, 0.2) is 0 Å². The quantitative estimate of drug-likeness (QED) is 0.544. The molecule has 1 fully saturated rings. The van der Waals surface area contributed by atoms with E-state index in [2.05, 4.69) is 103 Å². The Kier molecular flexibility index (Phi) is 7.81. The van der Waals surface area contributed by atoms with Crippen LogP contribution in [0.5, 0.6) is 5.75 Å². The number of hydrogen-bond donors (Lipinski definition) is 1. The summed E-state index contributed by atoms with van der Waals surface area (Å²) in [7, 11) is 0. The van der Waals surface area contributed by atoms with Crippen LogP contribution >= 0.6 is 0 Å². The van der Waals surface area contributed by atoms with Gasteiger partial charge in [-0.25, -0.2) is 0 Å². The third kappa shape index (κ3) is 6.02. The molecule has 0 saturated carbocycles. The van der Waals surface area contributed by atoms with Crippen molar-refractivity contribution in [2.24, 2.45) is 0 Å². The molecule has 174 valence electrons. The van der Waals surface area contributed by atoms with Crippen molar-refractivity contribution in [1.82, 2.24) is 9.80 Å². The van der Waals surface area contributed by atoms with E-state index < -0.39 is 6.10 Å². The summed E-state index contributed by atoms with van der Waals surface area (Å²) in [4.78, 5) is 4.91. The van der Waals surface area contributed by atoms with Gasteiger partial charge in [-0.15, -0.1) is 0 Å². The van der Waals surface area contributed by atoms with Crippen molar-refractivity contribution in [3.05, 3.63) is 101 Å². The van der Waals surface area contributed by atoms with E-state index in [0.717, 1.165) is 43.1 Å². The number of benzene rings is 3. The summed E-state index contributed by atoms with van der Waals surface area (Å²) in [5.41, 5.74) is 6.14. The van der Waals surface area contributed by atoms with Crippen LogP contribution in [0.1, 0.15) is 33.9 Å². The number of ether oxygens (including phenoxy) is 1. The van der Waals surface area contributed by atoms with Gasteiger partial charge in [0.25, 0.3) is 0 Å². The molecule has 4 heteroatoms. The SMILES string of the molecule is Cc1cc(C)c(OC[C@@H](O)CN2CCN(C(c3ccccc3)c3ccccc3)CC2)c(C)c1. The fraction of sp³-hybridized carbons (Fsp3) is 0.379. The van der Waals surface area contributed by atoms with Crippen LogP contribution in [0, 0.1) is 20.8 Å². The van der Waals surface area contributed by atoms with Gasteiger partial charge < -0.3 is 9.84 Å². The van der Waals surface area contributed by atoms with E-state index in [9.17, 15) is 5.11 Å². The van der Waals surface area contributed by atoms with Gasteiger partial charge >= 0.3 is 0 Å². The minimum absolute atomic E-state index is 0.260. The van der Waals surface area contributed by atoms with Crippen LogP contribution in [0.2, 0.25) is 0 Å². The van der Waals surface area contributed by atoms with Gasteiger partial charge in [0.1, 0.15) is 18.5 Å². The highest BCUT2D eigenvalue weighted by molar-refractivity contribution is 5.43. The highest BCUT2D eigenvalue weighted by atomic mass is 16.5. The van der Waals surface area contributed by atoms with E-state index in [1.165, 1.54) is 16.7 Å². The minimum atomic E-state index is -0.504. The Morgan fingerprint density at radius 1 is 0.788 bits per heavy atom. The van der Waals surface area contributed by atoms with Crippen molar-refractivity contribution in [2.45, 2.75) is 32.9 Å². The van der Waals surface area contributed by atoms with Crippen molar-refractivity contribution in [3.63, 3.8) is 0 Å². The normalized spacial score (nSPS) is 16.2. The summed E-state index contributed by atoms with van der Waals surface area (Å²) in [6.07, 6.45) is -0.504. The molecular formula is C29H36N2O2. The second-order valence-corrected chi connectivity index (χ2v) is 9.25. The van der Waals surface area contributed by atoms with Crippen LogP contribution in [-0.4, -0.2) is 60.3 Å². The van der Waals surface area contributed by atoms with E-state index in [-0.39, 0.29) is 6.04 Å². The number of aliphatic hydroxyl groups excluding tert-OH is 1. The Hall–Kier alpha value is -2.66. The zero-order chi connectivity index (χ0) is 23.2. The topological polar surface area (TPSA) is 35.9 Å². The van der Waals surface area contributed by atoms with Crippen molar-refractivity contribution in [2.75, 3.05) is 39.3 Å². The van der Waals surface area contributed by atoms with Crippen LogP contribution < -0.4 is 4.74 Å². The second-order valence-electron chi connectivity index (χ2n) is 9.25. The summed E-state index contributed by atoms with van der Waals surface area (Å²) < 4.78 is 6.01. The van der Waals surface area contributed by atoms with Crippen molar-refractivity contribution >= 4 is 0 Å². The second kappa shape index (κ2) is 11.0. The number of hydrogen-bond acceptors (Lipinski definition) is 4. The number of piperazine rings is 1. The third-order valence-corrected chi connectivity index (χ3v) is 6.50. The summed E-state index contributed by atoms with van der Waals surface area (Å²) in [5, 5.41) is 10.6. The Labute approximate surface area is 198 Å². The molecule has 0 aromatic heterocycles. The number of aliphatic hydroxyl groups is 1. The highest BCUT2D eigenvalue weighted by Gasteiger charge is 2.27. The van der Waals surface area contributed by atoms with E-state index in [4.69, 9.17) is 4.74 Å². The average Bonchev–Trinajstić information content (AvgIpc) is 2.81. The lowest BCUT2D eigenvalue weighted by Crippen LogP contribution is -2.50. The summed E-state index contributed by atoms with van der Waals surface area (Å²) in [5.74, 6) is 0.901. The molecule has 1 saturated heterocycles. The molecule has 1 aliphatic heterocycles. The fourth-order valence-corrected chi connectivity index (χ4v) is 5.01. The Morgan fingerprint density at radius 2 is 1.30 bits per heavy atom. The van der Waals surface area contributed by atoms with Crippen molar-refractivity contribution < 1.29 is 9.84 Å². The van der Waals surface area contributed by atoms with Crippen LogP contribution in [0.3, 0.4) is 0 Å². The monoisotopic (exact) mass is 444 g/mol. The van der Waals surface area contributed by atoms with Crippen molar-refractivity contribution in [3.8, 4) is 5.75 Å². The first-order chi connectivity index (χ1) is 16.0. The van der Waals surface area contributed by atoms with Crippen LogP contribution in [0.15, 0.2) is 72.8 Å². The molecule has 1 heterocycles. The first kappa shape index (κ1) is 23.5. The molecule has 1 aliphatic rings. The molecule has 1 N–H and O–H groups in total. The molecule has 0 spiro atoms. The lowest BCUT2D eigenvalue weighted by molar-refractivity contribution is 0.0398. The molecule has 3 aromatic rings. The Balaban J connectivity index is 1.33. The molecule has 4 rings (SSSR count). The lowest BCUT2D eigenvalue weighted by atomic mass is 9.96. The molecule has 1 atom stereocenters. The average molecular weight is 445 g/mol. The van der Waals surface area contributed by atoms with E-state index in [0.29, 0.717) is 13.2 Å². The van der Waals surface area contributed by atoms with Gasteiger partial charge in [-0.2, -0.15) is 0 Å². The maximum absolute atomic E-state index is 10.6.